The number of rotatable bonds is 5. The van der Waals surface area contributed by atoms with Gasteiger partial charge in [0, 0.05) is 16.4 Å². The Morgan fingerprint density at radius 3 is 2.70 bits per heavy atom. The Balaban J connectivity index is 2.15. The lowest BCUT2D eigenvalue weighted by molar-refractivity contribution is -0.120. The molecule has 110 valence electrons. The van der Waals surface area contributed by atoms with E-state index in [0.717, 1.165) is 23.9 Å². The second kappa shape index (κ2) is 7.23. The molecule has 1 aromatic rings. The van der Waals surface area contributed by atoms with Crippen molar-refractivity contribution < 1.29 is 4.79 Å². The summed E-state index contributed by atoms with van der Waals surface area (Å²) >= 11 is 3.56. The van der Waals surface area contributed by atoms with E-state index in [9.17, 15) is 4.79 Å². The maximum atomic E-state index is 11.7. The van der Waals surface area contributed by atoms with Crippen LogP contribution in [-0.4, -0.2) is 26.0 Å². The molecule has 0 aliphatic heterocycles. The van der Waals surface area contributed by atoms with Crippen molar-refractivity contribution in [1.29, 1.82) is 0 Å². The van der Waals surface area contributed by atoms with E-state index in [1.807, 2.05) is 0 Å². The van der Waals surface area contributed by atoms with Gasteiger partial charge in [-0.2, -0.15) is 0 Å². The zero-order chi connectivity index (χ0) is 14.4. The molecule has 4 heteroatoms. The van der Waals surface area contributed by atoms with Gasteiger partial charge in [-0.3, -0.25) is 4.79 Å². The summed E-state index contributed by atoms with van der Waals surface area (Å²) in [6.07, 6.45) is 6.11. The topological polar surface area (TPSA) is 41.1 Å². The van der Waals surface area contributed by atoms with E-state index in [2.05, 4.69) is 50.8 Å². The van der Waals surface area contributed by atoms with Gasteiger partial charge in [-0.25, -0.2) is 0 Å². The van der Waals surface area contributed by atoms with Crippen molar-refractivity contribution in [2.24, 2.45) is 0 Å². The molecule has 3 nitrogen and oxygen atoms in total. The number of halogens is 1. The molecular weight excluding hydrogens is 316 g/mol. The summed E-state index contributed by atoms with van der Waals surface area (Å²) in [6.45, 7) is 1.12. The van der Waals surface area contributed by atoms with E-state index >= 15 is 0 Å². The average molecular weight is 339 g/mol. The van der Waals surface area contributed by atoms with Crippen molar-refractivity contribution >= 4 is 21.8 Å². The standard InChI is InChI=1S/C16H23BrN2O/c1-18-11-15(20)19-12-16(8-3-2-4-9-16)13-6-5-7-14(17)10-13/h5-7,10,18H,2-4,8-9,11-12H2,1H3,(H,19,20). The van der Waals surface area contributed by atoms with Crippen LogP contribution in [0.25, 0.3) is 0 Å². The summed E-state index contributed by atoms with van der Waals surface area (Å²) in [5, 5.41) is 5.99. The van der Waals surface area contributed by atoms with Crippen LogP contribution < -0.4 is 10.6 Å². The normalized spacial score (nSPS) is 17.7. The van der Waals surface area contributed by atoms with Gasteiger partial charge in [0.25, 0.3) is 0 Å². The van der Waals surface area contributed by atoms with Crippen molar-refractivity contribution in [3.63, 3.8) is 0 Å². The molecule has 2 rings (SSSR count). The molecule has 1 aliphatic carbocycles. The zero-order valence-corrected chi connectivity index (χ0v) is 13.6. The van der Waals surface area contributed by atoms with Gasteiger partial charge in [0.05, 0.1) is 6.54 Å². The highest BCUT2D eigenvalue weighted by Gasteiger charge is 2.34. The molecule has 1 amide bonds. The molecule has 0 spiro atoms. The van der Waals surface area contributed by atoms with Crippen molar-refractivity contribution in [2.75, 3.05) is 20.1 Å². The van der Waals surface area contributed by atoms with Gasteiger partial charge in [0.1, 0.15) is 0 Å². The highest BCUT2D eigenvalue weighted by atomic mass is 79.9. The molecule has 0 atom stereocenters. The summed E-state index contributed by atoms with van der Waals surface area (Å²) in [4.78, 5) is 11.7. The maximum Gasteiger partial charge on any atom is 0.233 e. The van der Waals surface area contributed by atoms with Crippen LogP contribution in [0.4, 0.5) is 0 Å². The largest absolute Gasteiger partial charge is 0.354 e. The first-order valence-corrected chi connectivity index (χ1v) is 8.13. The molecule has 0 saturated heterocycles. The van der Waals surface area contributed by atoms with Crippen LogP contribution >= 0.6 is 15.9 Å². The minimum absolute atomic E-state index is 0.0763. The molecular formula is C16H23BrN2O. The molecule has 20 heavy (non-hydrogen) atoms. The zero-order valence-electron chi connectivity index (χ0n) is 12.0. The predicted molar refractivity (Wildman–Crippen MR) is 85.8 cm³/mol. The number of hydrogen-bond acceptors (Lipinski definition) is 2. The Hall–Kier alpha value is -0.870. The van der Waals surface area contributed by atoms with Gasteiger partial charge in [-0.1, -0.05) is 47.3 Å². The van der Waals surface area contributed by atoms with Gasteiger partial charge in [-0.05, 0) is 37.6 Å². The fraction of sp³-hybridized carbons (Fsp3) is 0.562. The summed E-state index contributed by atoms with van der Waals surface area (Å²) < 4.78 is 1.11. The Labute approximate surface area is 129 Å². The van der Waals surface area contributed by atoms with Crippen LogP contribution in [0.5, 0.6) is 0 Å². The monoisotopic (exact) mass is 338 g/mol. The van der Waals surface area contributed by atoms with Gasteiger partial charge in [-0.15, -0.1) is 0 Å². The van der Waals surface area contributed by atoms with Crippen molar-refractivity contribution in [3.05, 3.63) is 34.3 Å². The third kappa shape index (κ3) is 3.83. The number of amides is 1. The van der Waals surface area contributed by atoms with E-state index in [4.69, 9.17) is 0 Å². The summed E-state index contributed by atoms with van der Waals surface area (Å²) in [6, 6.07) is 8.54. The fourth-order valence-corrected chi connectivity index (χ4v) is 3.50. The molecule has 0 unspecified atom stereocenters. The molecule has 1 saturated carbocycles. The minimum atomic E-state index is 0.0763. The Kier molecular flexibility index (Phi) is 5.61. The van der Waals surface area contributed by atoms with Gasteiger partial charge in [0.2, 0.25) is 5.91 Å². The first-order valence-electron chi connectivity index (χ1n) is 7.34. The molecule has 0 bridgehead atoms. The molecule has 0 heterocycles. The number of hydrogen-bond donors (Lipinski definition) is 2. The van der Waals surface area contributed by atoms with Crippen molar-refractivity contribution in [2.45, 2.75) is 37.5 Å². The molecule has 1 aromatic carbocycles. The predicted octanol–water partition coefficient (Wildman–Crippen LogP) is 2.99. The second-order valence-corrected chi connectivity index (χ2v) is 6.57. The minimum Gasteiger partial charge on any atom is -0.354 e. The second-order valence-electron chi connectivity index (χ2n) is 5.66. The van der Waals surface area contributed by atoms with E-state index in [0.29, 0.717) is 6.54 Å². The van der Waals surface area contributed by atoms with Gasteiger partial charge >= 0.3 is 0 Å². The highest BCUT2D eigenvalue weighted by Crippen LogP contribution is 2.39. The third-order valence-corrected chi connectivity index (χ3v) is 4.70. The van der Waals surface area contributed by atoms with Gasteiger partial charge < -0.3 is 10.6 Å². The Morgan fingerprint density at radius 1 is 1.30 bits per heavy atom. The van der Waals surface area contributed by atoms with Crippen molar-refractivity contribution in [3.8, 4) is 0 Å². The molecule has 1 fully saturated rings. The van der Waals surface area contributed by atoms with Crippen LogP contribution in [0.1, 0.15) is 37.7 Å². The average Bonchev–Trinajstić information content (AvgIpc) is 2.46. The smallest absolute Gasteiger partial charge is 0.233 e. The first-order chi connectivity index (χ1) is 9.66. The van der Waals surface area contributed by atoms with E-state index in [1.165, 1.54) is 24.8 Å². The lowest BCUT2D eigenvalue weighted by atomic mass is 9.69. The lowest BCUT2D eigenvalue weighted by Crippen LogP contribution is -2.44. The SMILES string of the molecule is CNCC(=O)NCC1(c2cccc(Br)c2)CCCCC1. The number of benzene rings is 1. The Bertz CT molecular complexity index is 456. The fourth-order valence-electron chi connectivity index (χ4n) is 3.11. The van der Waals surface area contributed by atoms with Crippen LogP contribution in [0, 0.1) is 0 Å². The summed E-state index contributed by atoms with van der Waals surface area (Å²) in [5.74, 6) is 0.0763. The molecule has 2 N–H and O–H groups in total. The molecule has 1 aliphatic rings. The number of likely N-dealkylation sites (N-methyl/N-ethyl adjacent to an activating group) is 1. The summed E-state index contributed by atoms with van der Waals surface area (Å²) in [7, 11) is 1.80. The maximum absolute atomic E-state index is 11.7. The van der Waals surface area contributed by atoms with E-state index in [1.54, 1.807) is 7.05 Å². The Morgan fingerprint density at radius 2 is 2.05 bits per heavy atom. The van der Waals surface area contributed by atoms with Crippen LogP contribution in [-0.2, 0) is 10.2 Å². The molecule has 0 aromatic heterocycles. The van der Waals surface area contributed by atoms with Crippen LogP contribution in [0.15, 0.2) is 28.7 Å². The number of nitrogens with one attached hydrogen (secondary N) is 2. The van der Waals surface area contributed by atoms with Gasteiger partial charge in [0.15, 0.2) is 0 Å². The van der Waals surface area contributed by atoms with Crippen LogP contribution in [0.3, 0.4) is 0 Å². The summed E-state index contributed by atoms with van der Waals surface area (Å²) in [5.41, 5.74) is 1.45. The highest BCUT2D eigenvalue weighted by molar-refractivity contribution is 9.10. The lowest BCUT2D eigenvalue weighted by Gasteiger charge is -2.38. The number of carbonyl (C=O) groups excluding carboxylic acids is 1. The van der Waals surface area contributed by atoms with E-state index in [-0.39, 0.29) is 11.3 Å². The van der Waals surface area contributed by atoms with Crippen LogP contribution in [0.2, 0.25) is 0 Å². The quantitative estimate of drug-likeness (QED) is 0.866. The third-order valence-electron chi connectivity index (χ3n) is 4.21. The first kappa shape index (κ1) is 15.5. The van der Waals surface area contributed by atoms with E-state index < -0.39 is 0 Å². The van der Waals surface area contributed by atoms with Crippen molar-refractivity contribution in [1.82, 2.24) is 10.6 Å². The number of carbonyl (C=O) groups is 1. The molecule has 0 radical (unpaired) electrons.